The maximum atomic E-state index is 11.4. The van der Waals surface area contributed by atoms with E-state index in [1.165, 1.54) is 0 Å². The first-order chi connectivity index (χ1) is 12.0. The minimum absolute atomic E-state index is 0.0650. The van der Waals surface area contributed by atoms with E-state index in [2.05, 4.69) is 0 Å². The van der Waals surface area contributed by atoms with Crippen molar-refractivity contribution in [3.05, 3.63) is 72.3 Å². The number of hydrogen-bond donors (Lipinski definition) is 0. The highest BCUT2D eigenvalue weighted by atomic mass is 16.5. The van der Waals surface area contributed by atoms with E-state index >= 15 is 0 Å². The van der Waals surface area contributed by atoms with Crippen LogP contribution in [-0.4, -0.2) is 16.9 Å². The molecule has 1 aromatic heterocycles. The Kier molecular flexibility index (Phi) is 4.94. The van der Waals surface area contributed by atoms with Crippen LogP contribution in [0.4, 0.5) is 0 Å². The van der Waals surface area contributed by atoms with Crippen molar-refractivity contribution < 1.29 is 9.53 Å². The molecule has 3 rings (SSSR count). The van der Waals surface area contributed by atoms with Gasteiger partial charge in [0.15, 0.2) is 5.78 Å². The highest BCUT2D eigenvalue weighted by Crippen LogP contribution is 2.26. The molecule has 0 radical (unpaired) electrons. The molecular formula is C22H21NO2. The summed E-state index contributed by atoms with van der Waals surface area (Å²) in [5.41, 5.74) is 4.48. The molecular weight excluding hydrogens is 310 g/mol. The van der Waals surface area contributed by atoms with Gasteiger partial charge in [-0.15, -0.1) is 0 Å². The van der Waals surface area contributed by atoms with Crippen LogP contribution in [0.5, 0.6) is 5.75 Å². The van der Waals surface area contributed by atoms with Crippen LogP contribution in [0.15, 0.2) is 66.7 Å². The van der Waals surface area contributed by atoms with Crippen molar-refractivity contribution in [2.45, 2.75) is 26.9 Å². The highest BCUT2D eigenvalue weighted by Gasteiger charge is 2.06. The Hall–Kier alpha value is -2.94. The number of rotatable bonds is 5. The lowest BCUT2D eigenvalue weighted by molar-refractivity contribution is 0.101. The number of hydrogen-bond acceptors (Lipinski definition) is 3. The third-order valence-electron chi connectivity index (χ3n) is 3.84. The summed E-state index contributed by atoms with van der Waals surface area (Å²) < 4.78 is 5.77. The Balaban J connectivity index is 1.92. The van der Waals surface area contributed by atoms with Crippen LogP contribution in [0.2, 0.25) is 0 Å². The summed E-state index contributed by atoms with van der Waals surface area (Å²) in [6, 6.07) is 21.4. The molecule has 0 aliphatic carbocycles. The predicted molar refractivity (Wildman–Crippen MR) is 101 cm³/mol. The van der Waals surface area contributed by atoms with Gasteiger partial charge in [-0.2, -0.15) is 0 Å². The molecule has 2 aromatic carbocycles. The van der Waals surface area contributed by atoms with E-state index in [-0.39, 0.29) is 11.9 Å². The Morgan fingerprint density at radius 2 is 1.52 bits per heavy atom. The fourth-order valence-corrected chi connectivity index (χ4v) is 2.63. The van der Waals surface area contributed by atoms with Crippen LogP contribution in [0.1, 0.15) is 31.1 Å². The van der Waals surface area contributed by atoms with Crippen molar-refractivity contribution in [1.82, 2.24) is 4.98 Å². The number of ketones is 1. The van der Waals surface area contributed by atoms with Crippen LogP contribution in [-0.2, 0) is 0 Å². The van der Waals surface area contributed by atoms with E-state index in [1.54, 1.807) is 6.92 Å². The van der Waals surface area contributed by atoms with E-state index in [4.69, 9.17) is 9.72 Å². The van der Waals surface area contributed by atoms with Gasteiger partial charge in [-0.3, -0.25) is 4.79 Å². The van der Waals surface area contributed by atoms with Crippen LogP contribution in [0, 0.1) is 0 Å². The number of nitrogens with zero attached hydrogens (tertiary/aromatic N) is 1. The minimum atomic E-state index is 0.0650. The zero-order valence-electron chi connectivity index (χ0n) is 14.7. The zero-order chi connectivity index (χ0) is 17.8. The van der Waals surface area contributed by atoms with Crippen molar-refractivity contribution >= 4 is 5.78 Å². The molecule has 0 bridgehead atoms. The van der Waals surface area contributed by atoms with Gasteiger partial charge in [0.25, 0.3) is 0 Å². The molecule has 0 saturated heterocycles. The predicted octanol–water partition coefficient (Wildman–Crippen LogP) is 5.41. The molecule has 0 unspecified atom stereocenters. The maximum absolute atomic E-state index is 11.4. The zero-order valence-corrected chi connectivity index (χ0v) is 14.7. The molecule has 0 saturated carbocycles. The minimum Gasteiger partial charge on any atom is -0.491 e. The number of aromatic nitrogens is 1. The summed E-state index contributed by atoms with van der Waals surface area (Å²) >= 11 is 0. The van der Waals surface area contributed by atoms with Gasteiger partial charge in [0.1, 0.15) is 5.75 Å². The molecule has 0 spiro atoms. The summed E-state index contributed by atoms with van der Waals surface area (Å²) in [5, 5.41) is 0. The molecule has 25 heavy (non-hydrogen) atoms. The largest absolute Gasteiger partial charge is 0.491 e. The van der Waals surface area contributed by atoms with Gasteiger partial charge in [-0.25, -0.2) is 4.98 Å². The van der Waals surface area contributed by atoms with E-state index in [0.29, 0.717) is 5.56 Å². The lowest BCUT2D eigenvalue weighted by Crippen LogP contribution is -2.05. The lowest BCUT2D eigenvalue weighted by atomic mass is 10.1. The number of Topliss-reactive ketones (excluding diaryl/α,β-unsaturated/α-hetero) is 1. The maximum Gasteiger partial charge on any atom is 0.159 e. The molecule has 0 aliphatic heterocycles. The molecule has 0 fully saturated rings. The van der Waals surface area contributed by atoms with Gasteiger partial charge in [0.2, 0.25) is 0 Å². The van der Waals surface area contributed by atoms with Crippen molar-refractivity contribution in [3.8, 4) is 28.3 Å². The first kappa shape index (κ1) is 16.9. The second kappa shape index (κ2) is 7.31. The summed E-state index contributed by atoms with van der Waals surface area (Å²) in [6.07, 6.45) is 0.134. The third kappa shape index (κ3) is 4.13. The molecule has 0 N–H and O–H groups in total. The summed E-state index contributed by atoms with van der Waals surface area (Å²) in [4.78, 5) is 16.2. The number of pyridine rings is 1. The Labute approximate surface area is 148 Å². The van der Waals surface area contributed by atoms with Gasteiger partial charge in [-0.1, -0.05) is 42.5 Å². The number of carbonyl (C=O) groups is 1. The molecule has 3 heteroatoms. The average molecular weight is 331 g/mol. The van der Waals surface area contributed by atoms with Gasteiger partial charge < -0.3 is 4.74 Å². The molecule has 126 valence electrons. The van der Waals surface area contributed by atoms with E-state index < -0.39 is 0 Å². The van der Waals surface area contributed by atoms with Crippen LogP contribution < -0.4 is 4.74 Å². The van der Waals surface area contributed by atoms with Crippen molar-refractivity contribution in [2.75, 3.05) is 0 Å². The third-order valence-corrected chi connectivity index (χ3v) is 3.84. The Bertz CT molecular complexity index is 883. The average Bonchev–Trinajstić information content (AvgIpc) is 2.61. The van der Waals surface area contributed by atoms with Gasteiger partial charge >= 0.3 is 0 Å². The van der Waals surface area contributed by atoms with Crippen molar-refractivity contribution in [1.29, 1.82) is 0 Å². The van der Waals surface area contributed by atoms with E-state index in [0.717, 1.165) is 28.3 Å². The Morgan fingerprint density at radius 3 is 2.16 bits per heavy atom. The quantitative estimate of drug-likeness (QED) is 0.587. The molecule has 0 amide bonds. The smallest absolute Gasteiger partial charge is 0.159 e. The number of benzene rings is 2. The van der Waals surface area contributed by atoms with Gasteiger partial charge in [0, 0.05) is 16.7 Å². The number of ether oxygens (including phenoxy) is 1. The molecule has 3 aromatic rings. The number of carbonyl (C=O) groups excluding carboxylic acids is 1. The summed E-state index contributed by atoms with van der Waals surface area (Å²) in [5.74, 6) is 0.903. The standard InChI is InChI=1S/C22H21NO2/c1-15(2)25-20-7-4-6-19(14-20)22-9-5-8-21(23-22)18-12-10-17(11-13-18)16(3)24/h4-15H,1-3H3. The topological polar surface area (TPSA) is 39.2 Å². The Morgan fingerprint density at radius 1 is 0.880 bits per heavy atom. The van der Waals surface area contributed by atoms with Gasteiger partial charge in [0.05, 0.1) is 17.5 Å². The second-order valence-corrected chi connectivity index (χ2v) is 6.24. The van der Waals surface area contributed by atoms with Crippen LogP contribution in [0.25, 0.3) is 22.5 Å². The van der Waals surface area contributed by atoms with Crippen LogP contribution in [0.3, 0.4) is 0 Å². The first-order valence-corrected chi connectivity index (χ1v) is 8.38. The molecule has 0 aliphatic rings. The van der Waals surface area contributed by atoms with E-state index in [9.17, 15) is 4.79 Å². The normalized spacial score (nSPS) is 10.7. The highest BCUT2D eigenvalue weighted by molar-refractivity contribution is 5.94. The molecule has 1 heterocycles. The first-order valence-electron chi connectivity index (χ1n) is 8.38. The van der Waals surface area contributed by atoms with Gasteiger partial charge in [-0.05, 0) is 45.0 Å². The lowest BCUT2D eigenvalue weighted by Gasteiger charge is -2.11. The van der Waals surface area contributed by atoms with E-state index in [1.807, 2.05) is 80.6 Å². The van der Waals surface area contributed by atoms with Crippen molar-refractivity contribution in [2.24, 2.45) is 0 Å². The SMILES string of the molecule is CC(=O)c1ccc(-c2cccc(-c3cccc(OC(C)C)c3)n2)cc1. The van der Waals surface area contributed by atoms with Crippen LogP contribution >= 0.6 is 0 Å². The fraction of sp³-hybridized carbons (Fsp3) is 0.182. The second-order valence-electron chi connectivity index (χ2n) is 6.24. The monoisotopic (exact) mass is 331 g/mol. The molecule has 3 nitrogen and oxygen atoms in total. The molecule has 0 atom stereocenters. The fourth-order valence-electron chi connectivity index (χ4n) is 2.63. The summed E-state index contributed by atoms with van der Waals surface area (Å²) in [7, 11) is 0. The summed E-state index contributed by atoms with van der Waals surface area (Å²) in [6.45, 7) is 5.59. The van der Waals surface area contributed by atoms with Crippen molar-refractivity contribution in [3.63, 3.8) is 0 Å².